The fourth-order valence-electron chi connectivity index (χ4n) is 4.78. The molecule has 7 heteroatoms. The molecular weight excluding hydrogens is 428 g/mol. The molecule has 0 atom stereocenters. The van der Waals surface area contributed by atoms with E-state index in [1.165, 1.54) is 32.4 Å². The van der Waals surface area contributed by atoms with Gasteiger partial charge in [-0.05, 0) is 70.5 Å². The topological polar surface area (TPSA) is 81.8 Å². The summed E-state index contributed by atoms with van der Waals surface area (Å²) in [5.74, 6) is 0.864. The third-order valence-electron chi connectivity index (χ3n) is 6.39. The predicted molar refractivity (Wildman–Crippen MR) is 139 cm³/mol. The molecule has 1 aliphatic rings. The number of nitrogens with zero attached hydrogens (tertiary/aromatic N) is 2. The van der Waals surface area contributed by atoms with Gasteiger partial charge >= 0.3 is 6.09 Å². The quantitative estimate of drug-likeness (QED) is 0.395. The molecule has 3 N–H and O–H groups in total. The largest absolute Gasteiger partial charge is 0.493 e. The number of aromatic nitrogens is 1. The van der Waals surface area contributed by atoms with Crippen LogP contribution in [0.1, 0.15) is 39.5 Å². The number of ether oxygens (including phenoxy) is 2. The Balaban J connectivity index is 1.52. The lowest BCUT2D eigenvalue weighted by molar-refractivity contribution is 0.168. The molecule has 0 aliphatic carbocycles. The van der Waals surface area contributed by atoms with E-state index in [9.17, 15) is 4.79 Å². The number of rotatable bonds is 9. The molecule has 0 saturated carbocycles. The fraction of sp³-hybridized carbons (Fsp3) is 0.444. The molecule has 1 aromatic heterocycles. The van der Waals surface area contributed by atoms with Crippen LogP contribution in [0.4, 0.5) is 16.2 Å². The molecule has 2 aromatic carbocycles. The van der Waals surface area contributed by atoms with E-state index in [1.54, 1.807) is 6.92 Å². The van der Waals surface area contributed by atoms with Gasteiger partial charge in [-0.3, -0.25) is 5.32 Å². The number of nitrogens with one attached hydrogen (secondary N) is 1. The number of aryl methyl sites for hydroxylation is 1. The predicted octanol–water partition coefficient (Wildman–Crippen LogP) is 5.73. The number of carbonyl (C=O) groups is 1. The lowest BCUT2D eigenvalue weighted by atomic mass is 10.1. The van der Waals surface area contributed by atoms with E-state index >= 15 is 0 Å². The summed E-state index contributed by atoms with van der Waals surface area (Å²) in [5.41, 5.74) is 10.9. The normalized spacial score (nSPS) is 14.3. The number of anilines is 2. The van der Waals surface area contributed by atoms with Crippen LogP contribution in [0.5, 0.6) is 5.75 Å². The Kier molecular flexibility index (Phi) is 7.95. The van der Waals surface area contributed by atoms with Crippen molar-refractivity contribution in [3.8, 4) is 17.0 Å². The molecule has 3 aromatic rings. The number of carbonyl (C=O) groups excluding carboxylic acids is 1. The molecule has 2 heterocycles. The molecule has 1 fully saturated rings. The molecule has 1 amide bonds. The first-order valence-corrected chi connectivity index (χ1v) is 12.4. The standard InChI is InChI=1S/C27H36N4O3/c1-3-31-24-19-22(34-17-9-16-30-14-6-5-7-15-30)12-13-23(24)25(28)26(31)20-10-8-11-21(18-20)29-27(32)33-4-2/h8,10-13,18-19H,3-7,9,14-17,28H2,1-2H3,(H,29,32). The Morgan fingerprint density at radius 1 is 1.09 bits per heavy atom. The second-order valence-corrected chi connectivity index (χ2v) is 8.72. The second-order valence-electron chi connectivity index (χ2n) is 8.72. The van der Waals surface area contributed by atoms with Crippen molar-refractivity contribution in [2.45, 2.75) is 46.1 Å². The Hall–Kier alpha value is -3.19. The maximum absolute atomic E-state index is 11.8. The van der Waals surface area contributed by atoms with Crippen LogP contribution in [-0.2, 0) is 11.3 Å². The minimum Gasteiger partial charge on any atom is -0.493 e. The van der Waals surface area contributed by atoms with Gasteiger partial charge in [0.15, 0.2) is 0 Å². The van der Waals surface area contributed by atoms with Gasteiger partial charge < -0.3 is 24.7 Å². The van der Waals surface area contributed by atoms with Gasteiger partial charge in [-0.15, -0.1) is 0 Å². The van der Waals surface area contributed by atoms with E-state index < -0.39 is 6.09 Å². The lowest BCUT2D eigenvalue weighted by Gasteiger charge is -2.26. The fourth-order valence-corrected chi connectivity index (χ4v) is 4.78. The highest BCUT2D eigenvalue weighted by Gasteiger charge is 2.17. The lowest BCUT2D eigenvalue weighted by Crippen LogP contribution is -2.31. The summed E-state index contributed by atoms with van der Waals surface area (Å²) in [6.45, 7) is 9.21. The highest BCUT2D eigenvalue weighted by molar-refractivity contribution is 6.02. The van der Waals surface area contributed by atoms with Crippen LogP contribution >= 0.6 is 0 Å². The zero-order valence-corrected chi connectivity index (χ0v) is 20.3. The van der Waals surface area contributed by atoms with Crippen LogP contribution in [0.3, 0.4) is 0 Å². The van der Waals surface area contributed by atoms with Crippen LogP contribution in [0, 0.1) is 0 Å². The SMILES string of the molecule is CCOC(=O)Nc1cccc(-c2c(N)c3ccc(OCCCN4CCCCC4)cc3n2CC)c1. The first-order valence-electron chi connectivity index (χ1n) is 12.4. The van der Waals surface area contributed by atoms with Crippen LogP contribution in [0.15, 0.2) is 42.5 Å². The van der Waals surface area contributed by atoms with Crippen LogP contribution in [-0.4, -0.2) is 48.4 Å². The zero-order valence-electron chi connectivity index (χ0n) is 20.3. The minimum atomic E-state index is -0.467. The Labute approximate surface area is 201 Å². The van der Waals surface area contributed by atoms with E-state index in [1.807, 2.05) is 36.4 Å². The Bertz CT molecular complexity index is 1120. The Morgan fingerprint density at radius 2 is 1.91 bits per heavy atom. The molecule has 0 bridgehead atoms. The number of fused-ring (bicyclic) bond motifs is 1. The smallest absolute Gasteiger partial charge is 0.411 e. The van der Waals surface area contributed by atoms with Gasteiger partial charge in [0, 0.05) is 35.8 Å². The number of nitrogen functional groups attached to an aromatic ring is 1. The van der Waals surface area contributed by atoms with E-state index in [4.69, 9.17) is 15.2 Å². The summed E-state index contributed by atoms with van der Waals surface area (Å²) in [5, 5.41) is 3.77. The molecule has 0 unspecified atom stereocenters. The van der Waals surface area contributed by atoms with Crippen molar-refractivity contribution in [2.75, 3.05) is 43.9 Å². The second kappa shape index (κ2) is 11.3. The van der Waals surface area contributed by atoms with E-state index in [0.29, 0.717) is 18.9 Å². The van der Waals surface area contributed by atoms with Gasteiger partial charge in [0.25, 0.3) is 0 Å². The Morgan fingerprint density at radius 3 is 2.68 bits per heavy atom. The van der Waals surface area contributed by atoms with Crippen molar-refractivity contribution in [1.82, 2.24) is 9.47 Å². The van der Waals surface area contributed by atoms with Crippen molar-refractivity contribution < 1.29 is 14.3 Å². The molecule has 182 valence electrons. The molecule has 0 spiro atoms. The first-order chi connectivity index (χ1) is 16.6. The van der Waals surface area contributed by atoms with Crippen molar-refractivity contribution >= 4 is 28.4 Å². The number of likely N-dealkylation sites (tertiary alicyclic amines) is 1. The first kappa shape index (κ1) is 24.0. The van der Waals surface area contributed by atoms with Crippen LogP contribution in [0.25, 0.3) is 22.2 Å². The van der Waals surface area contributed by atoms with Gasteiger partial charge in [-0.2, -0.15) is 0 Å². The monoisotopic (exact) mass is 464 g/mol. The summed E-state index contributed by atoms with van der Waals surface area (Å²) in [6.07, 6.45) is 4.56. The summed E-state index contributed by atoms with van der Waals surface area (Å²) in [7, 11) is 0. The van der Waals surface area contributed by atoms with E-state index in [2.05, 4.69) is 27.8 Å². The van der Waals surface area contributed by atoms with E-state index in [0.717, 1.165) is 53.1 Å². The molecule has 1 saturated heterocycles. The maximum atomic E-state index is 11.8. The number of hydrogen-bond donors (Lipinski definition) is 2. The van der Waals surface area contributed by atoms with Crippen LogP contribution in [0.2, 0.25) is 0 Å². The average molecular weight is 465 g/mol. The van der Waals surface area contributed by atoms with Gasteiger partial charge in [0.05, 0.1) is 30.1 Å². The summed E-state index contributed by atoms with van der Waals surface area (Å²) in [4.78, 5) is 14.4. The molecule has 1 aliphatic heterocycles. The van der Waals surface area contributed by atoms with Gasteiger partial charge in [0.1, 0.15) is 5.75 Å². The van der Waals surface area contributed by atoms with Crippen molar-refractivity contribution in [1.29, 1.82) is 0 Å². The van der Waals surface area contributed by atoms with E-state index in [-0.39, 0.29) is 0 Å². The summed E-state index contributed by atoms with van der Waals surface area (Å²) >= 11 is 0. The third kappa shape index (κ3) is 5.47. The van der Waals surface area contributed by atoms with Crippen molar-refractivity contribution in [3.05, 3.63) is 42.5 Å². The van der Waals surface area contributed by atoms with Crippen molar-refractivity contribution in [2.24, 2.45) is 0 Å². The number of nitrogens with two attached hydrogens (primary N) is 1. The highest BCUT2D eigenvalue weighted by atomic mass is 16.5. The number of benzene rings is 2. The van der Waals surface area contributed by atoms with Gasteiger partial charge in [0.2, 0.25) is 0 Å². The summed E-state index contributed by atoms with van der Waals surface area (Å²) in [6, 6.07) is 13.8. The minimum absolute atomic E-state index is 0.325. The molecular formula is C27H36N4O3. The molecule has 0 radical (unpaired) electrons. The maximum Gasteiger partial charge on any atom is 0.411 e. The zero-order chi connectivity index (χ0) is 23.9. The van der Waals surface area contributed by atoms with Gasteiger partial charge in [-0.25, -0.2) is 4.79 Å². The number of amides is 1. The average Bonchev–Trinajstić information content (AvgIpc) is 3.13. The number of hydrogen-bond acceptors (Lipinski definition) is 5. The highest BCUT2D eigenvalue weighted by Crippen LogP contribution is 2.38. The van der Waals surface area contributed by atoms with Crippen molar-refractivity contribution in [3.63, 3.8) is 0 Å². The van der Waals surface area contributed by atoms with Gasteiger partial charge in [-0.1, -0.05) is 18.6 Å². The molecule has 4 rings (SSSR count). The third-order valence-corrected chi connectivity index (χ3v) is 6.39. The molecule has 7 nitrogen and oxygen atoms in total. The summed E-state index contributed by atoms with van der Waals surface area (Å²) < 4.78 is 13.3. The molecule has 34 heavy (non-hydrogen) atoms. The number of piperidine rings is 1. The van der Waals surface area contributed by atoms with Crippen LogP contribution < -0.4 is 15.8 Å².